The van der Waals surface area contributed by atoms with Crippen LogP contribution in [-0.4, -0.2) is 34.2 Å². The predicted molar refractivity (Wildman–Crippen MR) is 105 cm³/mol. The fourth-order valence-corrected chi connectivity index (χ4v) is 5.30. The third-order valence-electron chi connectivity index (χ3n) is 6.00. The summed E-state index contributed by atoms with van der Waals surface area (Å²) in [6.07, 6.45) is 0. The molecule has 0 saturated carbocycles. The van der Waals surface area contributed by atoms with Gasteiger partial charge in [-0.3, -0.25) is 24.6 Å². The van der Waals surface area contributed by atoms with Crippen LogP contribution in [-0.2, 0) is 19.9 Å². The molecule has 6 nitrogen and oxygen atoms in total. The average molecular weight is 434 g/mol. The van der Waals surface area contributed by atoms with E-state index in [0.717, 1.165) is 10.0 Å². The summed E-state index contributed by atoms with van der Waals surface area (Å²) in [5.41, 5.74) is -0.424. The number of imide groups is 1. The second-order valence-electron chi connectivity index (χ2n) is 9.05. The molecule has 0 bridgehead atoms. The molecule has 144 valence electrons. The van der Waals surface area contributed by atoms with Gasteiger partial charge in [0.1, 0.15) is 5.54 Å². The highest BCUT2D eigenvalue weighted by molar-refractivity contribution is 9.10. The Morgan fingerprint density at radius 1 is 1.15 bits per heavy atom. The van der Waals surface area contributed by atoms with Gasteiger partial charge < -0.3 is 5.32 Å². The number of amides is 3. The second-order valence-corrected chi connectivity index (χ2v) is 9.97. The molecule has 1 aromatic carbocycles. The van der Waals surface area contributed by atoms with Crippen LogP contribution in [0.5, 0.6) is 0 Å². The van der Waals surface area contributed by atoms with Crippen molar-refractivity contribution in [2.24, 2.45) is 17.8 Å². The van der Waals surface area contributed by atoms with E-state index in [9.17, 15) is 14.4 Å². The summed E-state index contributed by atoms with van der Waals surface area (Å²) in [6, 6.07) is 5.30. The zero-order valence-corrected chi connectivity index (χ0v) is 17.7. The highest BCUT2D eigenvalue weighted by Gasteiger charge is 2.71. The molecule has 0 unspecified atom stereocenters. The lowest BCUT2D eigenvalue weighted by molar-refractivity contribution is -0.148. The topological polar surface area (TPSA) is 78.5 Å². The number of hydrogen-bond donors (Lipinski definition) is 2. The number of rotatable bonds is 1. The fraction of sp³-hybridized carbons (Fsp3) is 0.550. The van der Waals surface area contributed by atoms with E-state index in [4.69, 9.17) is 0 Å². The van der Waals surface area contributed by atoms with Gasteiger partial charge in [0.15, 0.2) is 0 Å². The lowest BCUT2D eigenvalue weighted by atomic mass is 9.76. The average Bonchev–Trinajstić information content (AvgIpc) is 3.13. The first-order chi connectivity index (χ1) is 12.5. The molecule has 4 rings (SSSR count). The Balaban J connectivity index is 1.95. The van der Waals surface area contributed by atoms with E-state index in [2.05, 4.69) is 26.6 Å². The van der Waals surface area contributed by atoms with Gasteiger partial charge in [0.2, 0.25) is 17.7 Å². The van der Waals surface area contributed by atoms with Gasteiger partial charge in [0, 0.05) is 27.3 Å². The lowest BCUT2D eigenvalue weighted by Crippen LogP contribution is -2.56. The predicted octanol–water partition coefficient (Wildman–Crippen LogP) is 2.62. The van der Waals surface area contributed by atoms with Crippen LogP contribution < -0.4 is 10.6 Å². The van der Waals surface area contributed by atoms with Gasteiger partial charge >= 0.3 is 0 Å². The number of nitrogens with zero attached hydrogens (tertiary/aromatic N) is 1. The maximum absolute atomic E-state index is 13.5. The molecule has 2 saturated heterocycles. The third kappa shape index (κ3) is 2.30. The molecule has 3 aliphatic heterocycles. The van der Waals surface area contributed by atoms with Gasteiger partial charge in [-0.2, -0.15) is 0 Å². The molecule has 4 atom stereocenters. The Bertz CT molecular complexity index is 876. The molecule has 3 aliphatic rings. The van der Waals surface area contributed by atoms with Crippen molar-refractivity contribution in [3.05, 3.63) is 28.2 Å². The van der Waals surface area contributed by atoms with Crippen LogP contribution in [0.15, 0.2) is 22.7 Å². The van der Waals surface area contributed by atoms with Crippen LogP contribution in [0.3, 0.4) is 0 Å². The monoisotopic (exact) mass is 433 g/mol. The van der Waals surface area contributed by atoms with Crippen LogP contribution in [0.2, 0.25) is 0 Å². The number of likely N-dealkylation sites (tertiary alicyclic amines) is 1. The molecular formula is C20H24BrN3O3. The third-order valence-corrected chi connectivity index (χ3v) is 6.49. The summed E-state index contributed by atoms with van der Waals surface area (Å²) in [5.74, 6) is -1.91. The van der Waals surface area contributed by atoms with Gasteiger partial charge in [-0.1, -0.05) is 29.8 Å². The second kappa shape index (κ2) is 5.64. The molecule has 1 aromatic rings. The van der Waals surface area contributed by atoms with E-state index >= 15 is 0 Å². The molecular weight excluding hydrogens is 410 g/mol. The number of hydrogen-bond acceptors (Lipinski definition) is 4. The zero-order valence-electron chi connectivity index (χ0n) is 16.1. The molecule has 2 fully saturated rings. The van der Waals surface area contributed by atoms with Crippen LogP contribution in [0, 0.1) is 17.8 Å². The molecule has 0 radical (unpaired) electrons. The first-order valence-corrected chi connectivity index (χ1v) is 10.1. The summed E-state index contributed by atoms with van der Waals surface area (Å²) < 4.78 is 0.827. The van der Waals surface area contributed by atoms with Crippen molar-refractivity contribution < 1.29 is 14.4 Å². The van der Waals surface area contributed by atoms with E-state index in [-0.39, 0.29) is 29.7 Å². The Hall–Kier alpha value is -1.73. The van der Waals surface area contributed by atoms with Gasteiger partial charge in [0.05, 0.1) is 11.8 Å². The fourth-order valence-electron chi connectivity index (χ4n) is 4.94. The van der Waals surface area contributed by atoms with Crippen molar-refractivity contribution in [2.75, 3.05) is 5.32 Å². The largest absolute Gasteiger partial charge is 0.324 e. The summed E-state index contributed by atoms with van der Waals surface area (Å²) in [7, 11) is 0. The van der Waals surface area contributed by atoms with Gasteiger partial charge in [-0.15, -0.1) is 0 Å². The quantitative estimate of drug-likeness (QED) is 0.667. The van der Waals surface area contributed by atoms with Gasteiger partial charge in [-0.05, 0) is 44.9 Å². The van der Waals surface area contributed by atoms with E-state index in [0.29, 0.717) is 5.69 Å². The Morgan fingerprint density at radius 3 is 2.41 bits per heavy atom. The first kappa shape index (κ1) is 18.6. The minimum atomic E-state index is -1.22. The number of halogens is 1. The maximum atomic E-state index is 13.5. The molecule has 3 amide bonds. The summed E-state index contributed by atoms with van der Waals surface area (Å²) in [4.78, 5) is 41.4. The highest BCUT2D eigenvalue weighted by atomic mass is 79.9. The van der Waals surface area contributed by atoms with Crippen molar-refractivity contribution in [1.82, 2.24) is 10.2 Å². The minimum Gasteiger partial charge on any atom is -0.324 e. The molecule has 1 spiro atoms. The van der Waals surface area contributed by atoms with E-state index in [1.807, 2.05) is 52.8 Å². The van der Waals surface area contributed by atoms with Crippen molar-refractivity contribution >= 4 is 39.3 Å². The Morgan fingerprint density at radius 2 is 1.81 bits per heavy atom. The summed E-state index contributed by atoms with van der Waals surface area (Å²) in [5, 5.41) is 6.35. The van der Waals surface area contributed by atoms with Crippen LogP contribution in [0.1, 0.15) is 40.2 Å². The zero-order chi connectivity index (χ0) is 19.9. The number of carbonyl (C=O) groups excluding carboxylic acids is 3. The van der Waals surface area contributed by atoms with Crippen LogP contribution in [0.4, 0.5) is 5.69 Å². The van der Waals surface area contributed by atoms with E-state index < -0.39 is 22.9 Å². The van der Waals surface area contributed by atoms with E-state index in [1.54, 1.807) is 0 Å². The lowest BCUT2D eigenvalue weighted by Gasteiger charge is -2.35. The normalized spacial score (nSPS) is 32.5. The number of nitrogens with one attached hydrogen (secondary N) is 2. The van der Waals surface area contributed by atoms with Crippen molar-refractivity contribution in [2.45, 2.75) is 51.7 Å². The van der Waals surface area contributed by atoms with E-state index in [1.165, 1.54) is 4.90 Å². The molecule has 3 heterocycles. The number of benzene rings is 1. The highest BCUT2D eigenvalue weighted by Crippen LogP contribution is 2.55. The Labute approximate surface area is 167 Å². The van der Waals surface area contributed by atoms with Gasteiger partial charge in [-0.25, -0.2) is 0 Å². The summed E-state index contributed by atoms with van der Waals surface area (Å²) >= 11 is 3.47. The molecule has 0 aromatic heterocycles. The maximum Gasteiger partial charge on any atom is 0.250 e. The number of carbonyl (C=O) groups is 3. The standard InChI is InChI=1S/C20H24BrN3O3/c1-9(2)15-13-14(17(26)24(16(13)25)19(3,4)5)20(23-15)11-8-10(21)6-7-12(11)22-18(20)27/h6-9,13-15,23H,1-5H3,(H,22,27)/t13-,14-,15-,20+/m0/s1. The minimum absolute atomic E-state index is 0.0950. The van der Waals surface area contributed by atoms with Crippen molar-refractivity contribution in [3.8, 4) is 0 Å². The smallest absolute Gasteiger partial charge is 0.250 e. The Kier molecular flexibility index (Phi) is 3.89. The summed E-state index contributed by atoms with van der Waals surface area (Å²) in [6.45, 7) is 9.59. The SMILES string of the molecule is CC(C)[C@@H]1N[C@@]2(C(=O)Nc3ccc(Br)cc32)[C@@H]2C(=O)N(C(C)(C)C)C(=O)[C@@H]21. The molecule has 2 N–H and O–H groups in total. The molecule has 27 heavy (non-hydrogen) atoms. The van der Waals surface area contributed by atoms with Gasteiger partial charge in [0.25, 0.3) is 0 Å². The molecule has 0 aliphatic carbocycles. The first-order valence-electron chi connectivity index (χ1n) is 9.27. The number of anilines is 1. The van der Waals surface area contributed by atoms with Crippen molar-refractivity contribution in [1.29, 1.82) is 0 Å². The van der Waals surface area contributed by atoms with Crippen molar-refractivity contribution in [3.63, 3.8) is 0 Å². The van der Waals surface area contributed by atoms with Crippen LogP contribution in [0.25, 0.3) is 0 Å². The van der Waals surface area contributed by atoms with Crippen LogP contribution >= 0.6 is 15.9 Å². The molecule has 7 heteroatoms. The number of fused-ring (bicyclic) bond motifs is 4.